The van der Waals surface area contributed by atoms with Gasteiger partial charge in [0, 0.05) is 6.42 Å². The first kappa shape index (κ1) is 54.6. The Hall–Kier alpha value is -1.53. The van der Waals surface area contributed by atoms with Crippen molar-refractivity contribution in [3.8, 4) is 0 Å². The number of hydrogen-bond acceptors (Lipinski definition) is 13. The minimum Gasteiger partial charge on any atom is -0.394 e. The number of carbonyl (C=O) groups excluding carboxylic acids is 1. The summed E-state index contributed by atoms with van der Waals surface area (Å²) in [6.07, 6.45) is 17.9. The minimum absolute atomic E-state index is 0.251. The van der Waals surface area contributed by atoms with E-state index in [1.54, 1.807) is 6.08 Å². The molecule has 2 aliphatic rings. The molecule has 2 aliphatic heterocycles. The predicted molar refractivity (Wildman–Crippen MR) is 231 cm³/mol. The van der Waals surface area contributed by atoms with Crippen LogP contribution >= 0.6 is 0 Å². The van der Waals surface area contributed by atoms with Crippen molar-refractivity contribution >= 4 is 5.91 Å². The summed E-state index contributed by atoms with van der Waals surface area (Å²) in [5.41, 5.74) is 0. The van der Waals surface area contributed by atoms with Crippen molar-refractivity contribution < 1.29 is 64.6 Å². The zero-order chi connectivity index (χ0) is 44.0. The third-order valence-electron chi connectivity index (χ3n) is 11.6. The average molecular weight is 860 g/mol. The number of unbranched alkanes of at least 4 members (excludes halogenated alkanes) is 20. The molecule has 12 atom stereocenters. The number of carbonyl (C=O) groups is 1. The molecule has 0 aliphatic carbocycles. The summed E-state index contributed by atoms with van der Waals surface area (Å²) < 4.78 is 22.6. The number of nitrogens with one attached hydrogen (secondary N) is 1. The highest BCUT2D eigenvalue weighted by molar-refractivity contribution is 5.76. The van der Waals surface area contributed by atoms with Crippen molar-refractivity contribution in [2.45, 2.75) is 242 Å². The van der Waals surface area contributed by atoms with Crippen molar-refractivity contribution in [1.29, 1.82) is 0 Å². The van der Waals surface area contributed by atoms with Gasteiger partial charge in [-0.05, 0) is 44.9 Å². The molecule has 14 nitrogen and oxygen atoms in total. The van der Waals surface area contributed by atoms with Crippen LogP contribution in [0.25, 0.3) is 0 Å². The van der Waals surface area contributed by atoms with E-state index in [4.69, 9.17) is 18.9 Å². The maximum absolute atomic E-state index is 13.1. The Morgan fingerprint density at radius 3 is 1.60 bits per heavy atom. The molecule has 2 saturated heterocycles. The van der Waals surface area contributed by atoms with Crippen LogP contribution in [0.1, 0.15) is 168 Å². The average Bonchev–Trinajstić information content (AvgIpc) is 3.24. The van der Waals surface area contributed by atoms with Crippen molar-refractivity contribution in [2.75, 3.05) is 19.8 Å². The number of allylic oxidation sites excluding steroid dienone is 3. The summed E-state index contributed by atoms with van der Waals surface area (Å²) in [6, 6.07) is -0.913. The Labute approximate surface area is 360 Å². The summed E-state index contributed by atoms with van der Waals surface area (Å²) in [4.78, 5) is 13.1. The van der Waals surface area contributed by atoms with E-state index in [0.717, 1.165) is 57.8 Å². The molecule has 2 rings (SSSR count). The molecule has 0 aromatic rings. The SMILES string of the molecule is CCCCCC/C=C\CCCCCCCC(=O)NC(COC1OC(CO)C(OC2OC(CO)C(O)C(O)C2O)C(O)C1O)C(O)/C=C/CCCCCCCCCCCCC. The van der Waals surface area contributed by atoms with Gasteiger partial charge in [0.1, 0.15) is 48.8 Å². The molecule has 0 saturated carbocycles. The van der Waals surface area contributed by atoms with E-state index in [-0.39, 0.29) is 18.9 Å². The summed E-state index contributed by atoms with van der Waals surface area (Å²) in [7, 11) is 0. The second-order valence-electron chi connectivity index (χ2n) is 16.9. The Balaban J connectivity index is 1.90. The van der Waals surface area contributed by atoms with E-state index in [2.05, 4.69) is 31.3 Å². The number of aliphatic hydroxyl groups excluding tert-OH is 8. The Morgan fingerprint density at radius 1 is 0.583 bits per heavy atom. The van der Waals surface area contributed by atoms with Gasteiger partial charge >= 0.3 is 0 Å². The van der Waals surface area contributed by atoms with Crippen LogP contribution < -0.4 is 5.32 Å². The summed E-state index contributed by atoms with van der Waals surface area (Å²) in [6.45, 7) is 2.73. The summed E-state index contributed by atoms with van der Waals surface area (Å²) >= 11 is 0. The maximum Gasteiger partial charge on any atom is 0.220 e. The third kappa shape index (κ3) is 21.7. The predicted octanol–water partition coefficient (Wildman–Crippen LogP) is 4.99. The molecule has 9 N–H and O–H groups in total. The molecule has 0 radical (unpaired) electrons. The van der Waals surface area contributed by atoms with Crippen LogP contribution in [0.4, 0.5) is 0 Å². The van der Waals surface area contributed by atoms with Gasteiger partial charge in [-0.25, -0.2) is 0 Å². The highest BCUT2D eigenvalue weighted by atomic mass is 16.7. The molecular weight excluding hydrogens is 774 g/mol. The molecule has 0 aromatic heterocycles. The lowest BCUT2D eigenvalue weighted by Gasteiger charge is -2.46. The first-order valence-corrected chi connectivity index (χ1v) is 23.6. The van der Waals surface area contributed by atoms with Crippen LogP contribution in [0.15, 0.2) is 24.3 Å². The Bertz CT molecular complexity index is 1110. The summed E-state index contributed by atoms with van der Waals surface area (Å²) in [5.74, 6) is -0.251. The van der Waals surface area contributed by atoms with Gasteiger partial charge in [0.2, 0.25) is 5.91 Å². The number of amides is 1. The van der Waals surface area contributed by atoms with Gasteiger partial charge in [0.05, 0.1) is 32.0 Å². The first-order valence-electron chi connectivity index (χ1n) is 23.6. The molecule has 2 heterocycles. The molecular formula is C46H85NO13. The van der Waals surface area contributed by atoms with Gasteiger partial charge in [-0.15, -0.1) is 0 Å². The summed E-state index contributed by atoms with van der Waals surface area (Å²) in [5, 5.41) is 86.5. The van der Waals surface area contributed by atoms with Crippen molar-refractivity contribution in [2.24, 2.45) is 0 Å². The van der Waals surface area contributed by atoms with Gasteiger partial charge in [-0.2, -0.15) is 0 Å². The van der Waals surface area contributed by atoms with Crippen LogP contribution in [-0.2, 0) is 23.7 Å². The molecule has 352 valence electrons. The zero-order valence-electron chi connectivity index (χ0n) is 36.9. The maximum atomic E-state index is 13.1. The number of aliphatic hydroxyl groups is 8. The molecule has 0 spiro atoms. The van der Waals surface area contributed by atoms with Crippen LogP contribution in [0.5, 0.6) is 0 Å². The van der Waals surface area contributed by atoms with E-state index in [1.807, 2.05) is 6.08 Å². The quantitative estimate of drug-likeness (QED) is 0.0303. The van der Waals surface area contributed by atoms with Crippen molar-refractivity contribution in [1.82, 2.24) is 5.32 Å². The fraction of sp³-hybridized carbons (Fsp3) is 0.891. The fourth-order valence-corrected chi connectivity index (χ4v) is 7.70. The minimum atomic E-state index is -1.79. The van der Waals surface area contributed by atoms with Gasteiger partial charge < -0.3 is 65.1 Å². The lowest BCUT2D eigenvalue weighted by molar-refractivity contribution is -0.359. The zero-order valence-corrected chi connectivity index (χ0v) is 36.9. The molecule has 0 aromatic carbocycles. The Kier molecular flexibility index (Phi) is 30.9. The Morgan fingerprint density at radius 2 is 1.05 bits per heavy atom. The molecule has 0 bridgehead atoms. The molecule has 12 unspecified atom stereocenters. The highest BCUT2D eigenvalue weighted by Gasteiger charge is 2.50. The molecule has 14 heteroatoms. The highest BCUT2D eigenvalue weighted by Crippen LogP contribution is 2.30. The van der Waals surface area contributed by atoms with Crippen LogP contribution in [0.3, 0.4) is 0 Å². The molecule has 2 fully saturated rings. The number of hydrogen-bond donors (Lipinski definition) is 9. The standard InChI is InChI=1S/C46H85NO13/c1-3-5-7-9-11-13-15-17-19-21-23-25-27-29-35(50)34(47-38(51)30-28-26-24-22-20-18-16-14-12-10-8-6-4-2)33-57-45-43(56)41(54)44(37(32-49)59-45)60-46-42(55)40(53)39(52)36(31-48)58-46/h14,16,27,29,34-37,39-46,48-50,52-56H,3-13,15,17-26,28,30-33H2,1-2H3,(H,47,51)/b16-14-,29-27+. The van der Waals surface area contributed by atoms with E-state index in [1.165, 1.54) is 83.5 Å². The van der Waals surface area contributed by atoms with Gasteiger partial charge in [-0.3, -0.25) is 4.79 Å². The van der Waals surface area contributed by atoms with Crippen LogP contribution in [0, 0.1) is 0 Å². The van der Waals surface area contributed by atoms with Crippen LogP contribution in [-0.4, -0.2) is 140 Å². The molecule has 1 amide bonds. The van der Waals surface area contributed by atoms with E-state index < -0.39 is 86.8 Å². The van der Waals surface area contributed by atoms with Gasteiger partial charge in [0.25, 0.3) is 0 Å². The molecule has 60 heavy (non-hydrogen) atoms. The lowest BCUT2D eigenvalue weighted by atomic mass is 9.97. The topological polar surface area (TPSA) is 228 Å². The van der Waals surface area contributed by atoms with Crippen molar-refractivity contribution in [3.63, 3.8) is 0 Å². The monoisotopic (exact) mass is 860 g/mol. The van der Waals surface area contributed by atoms with Crippen LogP contribution in [0.2, 0.25) is 0 Å². The van der Waals surface area contributed by atoms with Gasteiger partial charge in [0.15, 0.2) is 12.6 Å². The van der Waals surface area contributed by atoms with E-state index in [9.17, 15) is 45.6 Å². The normalized spacial score (nSPS) is 28.4. The second kappa shape index (κ2) is 34.0. The number of rotatable bonds is 35. The van der Waals surface area contributed by atoms with E-state index in [0.29, 0.717) is 6.42 Å². The lowest BCUT2D eigenvalue weighted by Crippen LogP contribution is -2.65. The van der Waals surface area contributed by atoms with E-state index >= 15 is 0 Å². The largest absolute Gasteiger partial charge is 0.394 e. The fourth-order valence-electron chi connectivity index (χ4n) is 7.70. The number of ether oxygens (including phenoxy) is 4. The first-order chi connectivity index (χ1) is 29.1. The van der Waals surface area contributed by atoms with Gasteiger partial charge in [-0.1, -0.05) is 141 Å². The smallest absolute Gasteiger partial charge is 0.220 e. The second-order valence-corrected chi connectivity index (χ2v) is 16.9. The van der Waals surface area contributed by atoms with Crippen molar-refractivity contribution in [3.05, 3.63) is 24.3 Å². The third-order valence-corrected chi connectivity index (χ3v) is 11.6.